The number of carbonyl (C=O) groups is 1. The summed E-state index contributed by atoms with van der Waals surface area (Å²) in [6.07, 6.45) is 0.231. The van der Waals surface area contributed by atoms with Gasteiger partial charge in [0.1, 0.15) is 0 Å². The molecule has 0 bridgehead atoms. The average molecular weight is 275 g/mol. The van der Waals surface area contributed by atoms with E-state index in [0.717, 1.165) is 10.2 Å². The van der Waals surface area contributed by atoms with Crippen LogP contribution in [-0.4, -0.2) is 16.8 Å². The third-order valence-electron chi connectivity index (χ3n) is 1.68. The van der Waals surface area contributed by atoms with Crippen molar-refractivity contribution in [2.75, 3.05) is 5.75 Å². The van der Waals surface area contributed by atoms with Crippen LogP contribution in [0.15, 0.2) is 28.7 Å². The molecule has 0 saturated heterocycles. The summed E-state index contributed by atoms with van der Waals surface area (Å²) in [5.41, 5.74) is 1.21. The van der Waals surface area contributed by atoms with E-state index in [2.05, 4.69) is 15.9 Å². The van der Waals surface area contributed by atoms with Crippen LogP contribution in [0.4, 0.5) is 0 Å². The topological polar surface area (TPSA) is 37.3 Å². The maximum absolute atomic E-state index is 10.3. The normalized spacial score (nSPS) is 10.1. The van der Waals surface area contributed by atoms with Crippen LogP contribution in [0, 0.1) is 0 Å². The lowest BCUT2D eigenvalue weighted by Crippen LogP contribution is -1.96. The molecule has 0 radical (unpaired) electrons. The van der Waals surface area contributed by atoms with Crippen LogP contribution >= 0.6 is 27.7 Å². The smallest absolute Gasteiger partial charge is 0.304 e. The fourth-order valence-electron chi connectivity index (χ4n) is 0.957. The molecule has 14 heavy (non-hydrogen) atoms. The van der Waals surface area contributed by atoms with E-state index in [1.807, 2.05) is 24.3 Å². The molecule has 76 valence electrons. The third kappa shape index (κ3) is 4.15. The zero-order valence-electron chi connectivity index (χ0n) is 7.57. The summed E-state index contributed by atoms with van der Waals surface area (Å²) in [4.78, 5) is 10.3. The van der Waals surface area contributed by atoms with E-state index in [1.165, 1.54) is 5.56 Å². The van der Waals surface area contributed by atoms with Crippen molar-refractivity contribution in [3.05, 3.63) is 34.3 Å². The Balaban J connectivity index is 2.31. The second-order valence-electron chi connectivity index (χ2n) is 2.79. The molecule has 0 aliphatic rings. The Morgan fingerprint density at radius 3 is 2.79 bits per heavy atom. The Bertz CT molecular complexity index is 315. The molecule has 4 heteroatoms. The highest BCUT2D eigenvalue weighted by molar-refractivity contribution is 9.10. The van der Waals surface area contributed by atoms with E-state index in [0.29, 0.717) is 5.75 Å². The van der Waals surface area contributed by atoms with Crippen LogP contribution in [0.3, 0.4) is 0 Å². The molecular weight excluding hydrogens is 264 g/mol. The van der Waals surface area contributed by atoms with E-state index < -0.39 is 5.97 Å². The fraction of sp³-hybridized carbons (Fsp3) is 0.300. The van der Waals surface area contributed by atoms with Gasteiger partial charge in [-0.05, 0) is 11.6 Å². The van der Waals surface area contributed by atoms with Gasteiger partial charge in [-0.1, -0.05) is 34.1 Å². The first-order valence-electron chi connectivity index (χ1n) is 4.23. The lowest BCUT2D eigenvalue weighted by atomic mass is 10.2. The molecule has 0 unspecified atom stereocenters. The van der Waals surface area contributed by atoms with Crippen molar-refractivity contribution in [1.82, 2.24) is 0 Å². The molecule has 0 aliphatic carbocycles. The van der Waals surface area contributed by atoms with Crippen LogP contribution in [0.2, 0.25) is 0 Å². The summed E-state index contributed by atoms with van der Waals surface area (Å²) < 4.78 is 1.09. The summed E-state index contributed by atoms with van der Waals surface area (Å²) in [7, 11) is 0. The van der Waals surface area contributed by atoms with Crippen molar-refractivity contribution in [1.29, 1.82) is 0 Å². The highest BCUT2D eigenvalue weighted by Gasteiger charge is 2.00. The Morgan fingerprint density at radius 1 is 1.43 bits per heavy atom. The predicted octanol–water partition coefficient (Wildman–Crippen LogP) is 3.16. The van der Waals surface area contributed by atoms with E-state index in [9.17, 15) is 4.79 Å². The molecule has 0 aliphatic heterocycles. The molecule has 0 heterocycles. The van der Waals surface area contributed by atoms with Gasteiger partial charge in [-0.2, -0.15) is 11.8 Å². The Kier molecular flexibility index (Phi) is 5.04. The van der Waals surface area contributed by atoms with E-state index >= 15 is 0 Å². The van der Waals surface area contributed by atoms with E-state index in [1.54, 1.807) is 11.8 Å². The SMILES string of the molecule is O=C(O)CCSCc1ccccc1Br. The van der Waals surface area contributed by atoms with Gasteiger partial charge in [0.15, 0.2) is 0 Å². The summed E-state index contributed by atoms with van der Waals surface area (Å²) in [6.45, 7) is 0. The highest BCUT2D eigenvalue weighted by atomic mass is 79.9. The molecule has 1 N–H and O–H groups in total. The number of hydrogen-bond acceptors (Lipinski definition) is 2. The molecule has 2 nitrogen and oxygen atoms in total. The first kappa shape index (κ1) is 11.6. The largest absolute Gasteiger partial charge is 0.481 e. The third-order valence-corrected chi connectivity index (χ3v) is 3.46. The molecule has 0 aromatic heterocycles. The van der Waals surface area contributed by atoms with Gasteiger partial charge < -0.3 is 5.11 Å². The number of hydrogen-bond donors (Lipinski definition) is 1. The molecule has 0 atom stereocenters. The van der Waals surface area contributed by atoms with Crippen molar-refractivity contribution < 1.29 is 9.90 Å². The van der Waals surface area contributed by atoms with Crippen molar-refractivity contribution in [2.24, 2.45) is 0 Å². The predicted molar refractivity (Wildman–Crippen MR) is 62.6 cm³/mol. The van der Waals surface area contributed by atoms with Crippen molar-refractivity contribution in [3.8, 4) is 0 Å². The Hall–Kier alpha value is -0.480. The Morgan fingerprint density at radius 2 is 2.14 bits per heavy atom. The second-order valence-corrected chi connectivity index (χ2v) is 4.75. The number of thioether (sulfide) groups is 1. The van der Waals surface area contributed by atoms with Gasteiger partial charge in [0.2, 0.25) is 0 Å². The van der Waals surface area contributed by atoms with Crippen LogP contribution in [0.25, 0.3) is 0 Å². The van der Waals surface area contributed by atoms with Crippen molar-refractivity contribution in [2.45, 2.75) is 12.2 Å². The molecule has 0 spiro atoms. The highest BCUT2D eigenvalue weighted by Crippen LogP contribution is 2.21. The second kappa shape index (κ2) is 6.09. The molecule has 1 rings (SSSR count). The summed E-state index contributed by atoms with van der Waals surface area (Å²) >= 11 is 5.09. The number of benzene rings is 1. The molecule has 0 fully saturated rings. The number of rotatable bonds is 5. The maximum Gasteiger partial charge on any atom is 0.304 e. The lowest BCUT2D eigenvalue weighted by Gasteiger charge is -2.02. The van der Waals surface area contributed by atoms with Crippen LogP contribution in [0.5, 0.6) is 0 Å². The fourth-order valence-corrected chi connectivity index (χ4v) is 2.50. The summed E-state index contributed by atoms with van der Waals surface area (Å²) in [5.74, 6) is 0.787. The van der Waals surface area contributed by atoms with Gasteiger partial charge in [0.25, 0.3) is 0 Å². The maximum atomic E-state index is 10.3. The first-order valence-corrected chi connectivity index (χ1v) is 6.18. The Labute approximate surface area is 95.8 Å². The quantitative estimate of drug-likeness (QED) is 0.839. The van der Waals surface area contributed by atoms with Gasteiger partial charge >= 0.3 is 5.97 Å². The number of carboxylic acids is 1. The van der Waals surface area contributed by atoms with Gasteiger partial charge in [-0.25, -0.2) is 0 Å². The van der Waals surface area contributed by atoms with Crippen molar-refractivity contribution >= 4 is 33.7 Å². The van der Waals surface area contributed by atoms with Crippen LogP contribution < -0.4 is 0 Å². The molecule has 0 amide bonds. The average Bonchev–Trinajstić information content (AvgIpc) is 2.15. The standard InChI is InChI=1S/C10H11BrO2S/c11-9-4-2-1-3-8(9)7-14-6-5-10(12)13/h1-4H,5-7H2,(H,12,13). The summed E-state index contributed by atoms with van der Waals surface area (Å²) in [6, 6.07) is 7.98. The monoisotopic (exact) mass is 274 g/mol. The zero-order chi connectivity index (χ0) is 10.4. The number of halogens is 1. The van der Waals surface area contributed by atoms with Gasteiger partial charge in [0, 0.05) is 16.0 Å². The molecular formula is C10H11BrO2S. The minimum Gasteiger partial charge on any atom is -0.481 e. The van der Waals surface area contributed by atoms with Crippen molar-refractivity contribution in [3.63, 3.8) is 0 Å². The van der Waals surface area contributed by atoms with E-state index in [-0.39, 0.29) is 6.42 Å². The van der Waals surface area contributed by atoms with Gasteiger partial charge in [-0.15, -0.1) is 0 Å². The molecule has 1 aromatic carbocycles. The number of carboxylic acid groups (broad SMARTS) is 1. The van der Waals surface area contributed by atoms with Crippen LogP contribution in [0.1, 0.15) is 12.0 Å². The molecule has 1 aromatic rings. The van der Waals surface area contributed by atoms with E-state index in [4.69, 9.17) is 5.11 Å². The summed E-state index contributed by atoms with van der Waals surface area (Å²) in [5, 5.41) is 8.44. The minimum absolute atomic E-state index is 0.231. The van der Waals surface area contributed by atoms with Crippen LogP contribution in [-0.2, 0) is 10.5 Å². The van der Waals surface area contributed by atoms with Gasteiger partial charge in [-0.3, -0.25) is 4.79 Å². The number of aliphatic carboxylic acids is 1. The molecule has 0 saturated carbocycles. The first-order chi connectivity index (χ1) is 6.70. The minimum atomic E-state index is -0.732. The van der Waals surface area contributed by atoms with Gasteiger partial charge in [0.05, 0.1) is 6.42 Å². The lowest BCUT2D eigenvalue weighted by molar-refractivity contribution is -0.136. The zero-order valence-corrected chi connectivity index (χ0v) is 9.97.